The summed E-state index contributed by atoms with van der Waals surface area (Å²) in [6.45, 7) is 4.72. The number of likely N-dealkylation sites (N-methyl/N-ethyl adjacent to an activating group) is 1. The summed E-state index contributed by atoms with van der Waals surface area (Å²) in [5, 5.41) is 6.39. The number of rotatable bonds is 3. The quantitative estimate of drug-likeness (QED) is 0.736. The number of para-hydroxylation sites is 2. The van der Waals surface area contributed by atoms with E-state index in [0.717, 1.165) is 34.8 Å². The van der Waals surface area contributed by atoms with Crippen molar-refractivity contribution >= 4 is 16.7 Å². The lowest BCUT2D eigenvalue weighted by molar-refractivity contribution is 0.459. The van der Waals surface area contributed by atoms with Gasteiger partial charge in [0.05, 0.1) is 16.7 Å². The molecular formula is C20H18N4. The zero-order valence-electron chi connectivity index (χ0n) is 13.6. The second-order valence-corrected chi connectivity index (χ2v) is 5.83. The van der Waals surface area contributed by atoms with Gasteiger partial charge in [-0.1, -0.05) is 49.0 Å². The molecule has 24 heavy (non-hydrogen) atoms. The molecule has 0 unspecified atom stereocenters. The van der Waals surface area contributed by atoms with Gasteiger partial charge in [0.15, 0.2) is 5.82 Å². The van der Waals surface area contributed by atoms with Crippen molar-refractivity contribution in [1.82, 2.24) is 14.6 Å². The second-order valence-electron chi connectivity index (χ2n) is 5.83. The highest BCUT2D eigenvalue weighted by Gasteiger charge is 2.17. The van der Waals surface area contributed by atoms with E-state index in [0.29, 0.717) is 0 Å². The van der Waals surface area contributed by atoms with Gasteiger partial charge in [-0.3, -0.25) is 5.01 Å². The SMILES string of the molecule is C=C1C=CC(c2nc3ccccc3n2Cc2ccccc2)=NN1C. The van der Waals surface area contributed by atoms with Gasteiger partial charge in [0, 0.05) is 13.6 Å². The molecule has 0 fully saturated rings. The molecule has 1 aliphatic rings. The monoisotopic (exact) mass is 314 g/mol. The van der Waals surface area contributed by atoms with E-state index in [2.05, 4.69) is 46.6 Å². The lowest BCUT2D eigenvalue weighted by Crippen LogP contribution is -2.19. The molecule has 0 saturated heterocycles. The van der Waals surface area contributed by atoms with E-state index in [-0.39, 0.29) is 0 Å². The van der Waals surface area contributed by atoms with Crippen LogP contribution in [-0.2, 0) is 6.54 Å². The van der Waals surface area contributed by atoms with E-state index in [4.69, 9.17) is 4.98 Å². The minimum atomic E-state index is 0.758. The maximum atomic E-state index is 4.82. The molecule has 1 aromatic heterocycles. The molecule has 0 aliphatic carbocycles. The molecule has 1 aliphatic heterocycles. The van der Waals surface area contributed by atoms with Crippen LogP contribution in [0.2, 0.25) is 0 Å². The summed E-state index contributed by atoms with van der Waals surface area (Å²) in [6.07, 6.45) is 3.94. The molecule has 4 heteroatoms. The zero-order chi connectivity index (χ0) is 16.5. The second kappa shape index (κ2) is 5.81. The van der Waals surface area contributed by atoms with Crippen LogP contribution in [0.15, 0.2) is 84.1 Å². The molecule has 0 saturated carbocycles. The summed E-state index contributed by atoms with van der Waals surface area (Å²) in [5.74, 6) is 0.871. The smallest absolute Gasteiger partial charge is 0.161 e. The fourth-order valence-corrected chi connectivity index (χ4v) is 2.86. The highest BCUT2D eigenvalue weighted by atomic mass is 15.4. The Labute approximate surface area is 141 Å². The first kappa shape index (κ1) is 14.5. The standard InChI is InChI=1S/C20H18N4/c1-15-12-13-18(22-23(15)2)20-21-17-10-6-7-11-19(17)24(20)14-16-8-4-3-5-9-16/h3-13H,1,14H2,2H3. The van der Waals surface area contributed by atoms with Crippen molar-refractivity contribution in [2.24, 2.45) is 5.10 Å². The highest BCUT2D eigenvalue weighted by molar-refractivity contribution is 6.08. The molecule has 4 rings (SSSR count). The van der Waals surface area contributed by atoms with Gasteiger partial charge in [-0.15, -0.1) is 0 Å². The normalized spacial score (nSPS) is 14.3. The Balaban J connectivity index is 1.86. The third kappa shape index (κ3) is 2.52. The van der Waals surface area contributed by atoms with Crippen LogP contribution in [0.5, 0.6) is 0 Å². The molecule has 0 atom stereocenters. The van der Waals surface area contributed by atoms with Crippen molar-refractivity contribution < 1.29 is 0 Å². The molecule has 0 bridgehead atoms. The first-order valence-electron chi connectivity index (χ1n) is 7.91. The lowest BCUT2D eigenvalue weighted by Gasteiger charge is -2.19. The van der Waals surface area contributed by atoms with E-state index in [1.54, 1.807) is 5.01 Å². The minimum Gasteiger partial charge on any atom is -0.318 e. The average Bonchev–Trinajstić information content (AvgIpc) is 2.97. The minimum absolute atomic E-state index is 0.758. The topological polar surface area (TPSA) is 33.4 Å². The van der Waals surface area contributed by atoms with Gasteiger partial charge in [0.1, 0.15) is 5.71 Å². The molecular weight excluding hydrogens is 296 g/mol. The van der Waals surface area contributed by atoms with Crippen LogP contribution in [0.1, 0.15) is 11.4 Å². The van der Waals surface area contributed by atoms with Crippen molar-refractivity contribution in [3.63, 3.8) is 0 Å². The molecule has 4 nitrogen and oxygen atoms in total. The summed E-state index contributed by atoms with van der Waals surface area (Å²) in [6, 6.07) is 18.6. The van der Waals surface area contributed by atoms with Gasteiger partial charge in [-0.2, -0.15) is 5.10 Å². The molecule has 0 N–H and O–H groups in total. The average molecular weight is 314 g/mol. The van der Waals surface area contributed by atoms with Crippen molar-refractivity contribution in [3.8, 4) is 0 Å². The van der Waals surface area contributed by atoms with E-state index >= 15 is 0 Å². The Morgan fingerprint density at radius 2 is 1.71 bits per heavy atom. The van der Waals surface area contributed by atoms with Gasteiger partial charge in [0.2, 0.25) is 0 Å². The van der Waals surface area contributed by atoms with Gasteiger partial charge in [0.25, 0.3) is 0 Å². The maximum Gasteiger partial charge on any atom is 0.161 e. The Morgan fingerprint density at radius 3 is 2.50 bits per heavy atom. The molecule has 0 radical (unpaired) electrons. The third-order valence-electron chi connectivity index (χ3n) is 4.17. The van der Waals surface area contributed by atoms with Crippen LogP contribution >= 0.6 is 0 Å². The number of hydrogen-bond donors (Lipinski definition) is 0. The van der Waals surface area contributed by atoms with E-state index < -0.39 is 0 Å². The molecule has 2 aromatic carbocycles. The summed E-state index contributed by atoms with van der Waals surface area (Å²) in [7, 11) is 1.90. The van der Waals surface area contributed by atoms with Crippen LogP contribution < -0.4 is 0 Å². The molecule has 0 amide bonds. The van der Waals surface area contributed by atoms with Crippen molar-refractivity contribution in [3.05, 3.63) is 90.4 Å². The molecule has 118 valence electrons. The molecule has 0 spiro atoms. The Morgan fingerprint density at radius 1 is 0.958 bits per heavy atom. The summed E-state index contributed by atoms with van der Waals surface area (Å²) < 4.78 is 2.22. The van der Waals surface area contributed by atoms with E-state index in [1.165, 1.54) is 5.56 Å². The Bertz CT molecular complexity index is 964. The van der Waals surface area contributed by atoms with Crippen molar-refractivity contribution in [2.75, 3.05) is 7.05 Å². The first-order chi connectivity index (χ1) is 11.7. The number of nitrogens with zero attached hydrogens (tertiary/aromatic N) is 4. The molecule has 2 heterocycles. The summed E-state index contributed by atoms with van der Waals surface area (Å²) >= 11 is 0. The van der Waals surface area contributed by atoms with Gasteiger partial charge >= 0.3 is 0 Å². The Hall–Kier alpha value is -3.14. The lowest BCUT2D eigenvalue weighted by atomic mass is 10.2. The Kier molecular flexibility index (Phi) is 3.50. The number of imidazole rings is 1. The molecule has 3 aromatic rings. The number of aromatic nitrogens is 2. The largest absolute Gasteiger partial charge is 0.318 e. The fraction of sp³-hybridized carbons (Fsp3) is 0.100. The van der Waals surface area contributed by atoms with Crippen molar-refractivity contribution in [2.45, 2.75) is 6.54 Å². The van der Waals surface area contributed by atoms with Crippen LogP contribution in [0.3, 0.4) is 0 Å². The van der Waals surface area contributed by atoms with E-state index in [1.807, 2.05) is 43.5 Å². The van der Waals surface area contributed by atoms with Crippen LogP contribution in [0, 0.1) is 0 Å². The van der Waals surface area contributed by atoms with Crippen LogP contribution in [-0.4, -0.2) is 27.3 Å². The third-order valence-corrected chi connectivity index (χ3v) is 4.17. The number of benzene rings is 2. The zero-order valence-corrected chi connectivity index (χ0v) is 13.6. The number of hydrogen-bond acceptors (Lipinski definition) is 3. The van der Waals surface area contributed by atoms with Crippen molar-refractivity contribution in [1.29, 1.82) is 0 Å². The highest BCUT2D eigenvalue weighted by Crippen LogP contribution is 2.21. The predicted molar refractivity (Wildman–Crippen MR) is 97.9 cm³/mol. The van der Waals surface area contributed by atoms with Gasteiger partial charge in [-0.25, -0.2) is 4.98 Å². The van der Waals surface area contributed by atoms with Crippen LogP contribution in [0.4, 0.5) is 0 Å². The maximum absolute atomic E-state index is 4.82. The number of allylic oxidation sites excluding steroid dienone is 2. The van der Waals surface area contributed by atoms with Gasteiger partial charge in [-0.05, 0) is 29.8 Å². The summed E-state index contributed by atoms with van der Waals surface area (Å²) in [4.78, 5) is 4.82. The van der Waals surface area contributed by atoms with Gasteiger partial charge < -0.3 is 4.57 Å². The van der Waals surface area contributed by atoms with E-state index in [9.17, 15) is 0 Å². The summed E-state index contributed by atoms with van der Waals surface area (Å²) in [5.41, 5.74) is 5.03. The first-order valence-corrected chi connectivity index (χ1v) is 7.91. The predicted octanol–water partition coefficient (Wildman–Crippen LogP) is 3.80. The number of fused-ring (bicyclic) bond motifs is 1. The van der Waals surface area contributed by atoms with Crippen LogP contribution in [0.25, 0.3) is 11.0 Å². The fourth-order valence-electron chi connectivity index (χ4n) is 2.86. The number of hydrazone groups is 1.